The Hall–Kier alpha value is -2.98. The molecule has 0 radical (unpaired) electrons. The SMILES string of the molecule is CCS(=O)(=O)O.Cc1c(C(=O)NN2CCCCC2)nc(-c2ccc(Cl)cc2Cl)n1-c1ccc(OS(=O)(=O)c2cccs2)cc1. The van der Waals surface area contributed by atoms with Crippen molar-refractivity contribution >= 4 is 60.7 Å². The van der Waals surface area contributed by atoms with Crippen LogP contribution >= 0.6 is 34.5 Å². The highest BCUT2D eigenvalue weighted by Crippen LogP contribution is 2.34. The summed E-state index contributed by atoms with van der Waals surface area (Å²) >= 11 is 13.7. The van der Waals surface area contributed by atoms with Crippen LogP contribution in [0.25, 0.3) is 17.1 Å². The Balaban J connectivity index is 0.000000670. The standard InChI is InChI=1S/C26H24Cl2N4O4S2.C2H6O3S/c1-17-24(26(33)30-31-13-3-2-4-14-31)29-25(21-12-7-18(27)16-22(21)28)32(17)19-8-10-20(11-9-19)36-38(34,35)23-6-5-15-37-23;1-2-6(3,4)5/h5-12,15-16H,2-4,13-14H2,1H3,(H,30,33);2H2,1H3,(H,3,4,5). The summed E-state index contributed by atoms with van der Waals surface area (Å²) in [5, 5.41) is 4.45. The van der Waals surface area contributed by atoms with Crippen molar-refractivity contribution in [2.75, 3.05) is 18.8 Å². The first-order valence-corrected chi connectivity index (χ1v) is 18.1. The van der Waals surface area contributed by atoms with Crippen LogP contribution in [-0.4, -0.2) is 60.7 Å². The number of benzene rings is 2. The van der Waals surface area contributed by atoms with Gasteiger partial charge in [0.1, 0.15) is 11.6 Å². The van der Waals surface area contributed by atoms with Crippen LogP contribution in [0, 0.1) is 6.92 Å². The number of nitrogens with zero attached hydrogens (tertiary/aromatic N) is 3. The maximum absolute atomic E-state index is 13.3. The smallest absolute Gasteiger partial charge is 0.348 e. The molecule has 0 aliphatic carbocycles. The number of imidazole rings is 1. The van der Waals surface area contributed by atoms with Crippen molar-refractivity contribution in [2.45, 2.75) is 37.3 Å². The van der Waals surface area contributed by atoms with Gasteiger partial charge in [-0.2, -0.15) is 16.8 Å². The van der Waals surface area contributed by atoms with Gasteiger partial charge >= 0.3 is 10.1 Å². The lowest BCUT2D eigenvalue weighted by Gasteiger charge is -2.26. The zero-order chi connectivity index (χ0) is 32.1. The molecule has 3 heterocycles. The number of thiophene rings is 1. The first-order chi connectivity index (χ1) is 20.8. The van der Waals surface area contributed by atoms with Gasteiger partial charge in [-0.15, -0.1) is 11.3 Å². The summed E-state index contributed by atoms with van der Waals surface area (Å²) in [5.41, 5.74) is 5.07. The van der Waals surface area contributed by atoms with E-state index in [0.717, 1.165) is 43.7 Å². The van der Waals surface area contributed by atoms with Crippen LogP contribution in [0.2, 0.25) is 10.0 Å². The van der Waals surface area contributed by atoms with Gasteiger partial charge in [0.2, 0.25) is 0 Å². The Kier molecular flexibility index (Phi) is 11.1. The van der Waals surface area contributed by atoms with Crippen molar-refractivity contribution in [3.8, 4) is 22.8 Å². The molecule has 1 aliphatic heterocycles. The summed E-state index contributed by atoms with van der Waals surface area (Å²) in [5.74, 6) is 0.103. The molecule has 16 heteroatoms. The fourth-order valence-electron chi connectivity index (χ4n) is 4.31. The van der Waals surface area contributed by atoms with Gasteiger partial charge in [0.15, 0.2) is 9.90 Å². The summed E-state index contributed by atoms with van der Waals surface area (Å²) in [6, 6.07) is 14.7. The molecule has 0 saturated carbocycles. The molecule has 11 nitrogen and oxygen atoms in total. The lowest BCUT2D eigenvalue weighted by molar-refractivity contribution is 0.0744. The fourth-order valence-corrected chi connectivity index (χ4v) is 6.68. The fraction of sp³-hybridized carbons (Fsp3) is 0.286. The normalized spacial score (nSPS) is 14.0. The van der Waals surface area contributed by atoms with E-state index in [1.807, 2.05) is 5.01 Å². The first-order valence-electron chi connectivity index (χ1n) is 13.4. The molecule has 0 spiro atoms. The summed E-state index contributed by atoms with van der Waals surface area (Å²) in [4.78, 5) is 18.0. The largest absolute Gasteiger partial charge is 0.378 e. The zero-order valence-corrected chi connectivity index (χ0v) is 27.7. The van der Waals surface area contributed by atoms with Crippen LogP contribution in [0.15, 0.2) is 64.2 Å². The van der Waals surface area contributed by atoms with Gasteiger partial charge in [0.05, 0.1) is 16.5 Å². The summed E-state index contributed by atoms with van der Waals surface area (Å²) in [7, 11) is -7.59. The van der Waals surface area contributed by atoms with Crippen molar-refractivity contribution in [3.05, 3.63) is 81.4 Å². The molecule has 1 aliphatic rings. The monoisotopic (exact) mass is 700 g/mol. The van der Waals surface area contributed by atoms with Crippen LogP contribution in [0.4, 0.5) is 0 Å². The number of piperidine rings is 1. The molecule has 2 aromatic carbocycles. The zero-order valence-electron chi connectivity index (χ0n) is 23.7. The molecule has 5 rings (SSSR count). The molecule has 0 unspecified atom stereocenters. The maximum Gasteiger partial charge on any atom is 0.348 e. The van der Waals surface area contributed by atoms with E-state index >= 15 is 0 Å². The van der Waals surface area contributed by atoms with E-state index in [4.69, 9.17) is 36.9 Å². The van der Waals surface area contributed by atoms with E-state index in [1.165, 1.54) is 13.0 Å². The van der Waals surface area contributed by atoms with Crippen LogP contribution in [-0.2, 0) is 20.2 Å². The number of halogens is 2. The first kappa shape index (κ1) is 33.9. The second-order valence-electron chi connectivity index (χ2n) is 9.65. The van der Waals surface area contributed by atoms with Crippen molar-refractivity contribution in [1.82, 2.24) is 20.0 Å². The van der Waals surface area contributed by atoms with E-state index < -0.39 is 20.2 Å². The van der Waals surface area contributed by atoms with Gasteiger partial charge in [-0.25, -0.2) is 9.99 Å². The molecular formula is C28H30Cl2N4O7S3. The van der Waals surface area contributed by atoms with Crippen LogP contribution in [0.5, 0.6) is 5.75 Å². The molecule has 0 bridgehead atoms. The number of rotatable bonds is 8. The number of nitrogens with one attached hydrogen (secondary N) is 1. The lowest BCUT2D eigenvalue weighted by atomic mass is 10.2. The molecular weight excluding hydrogens is 671 g/mol. The minimum absolute atomic E-state index is 0.121. The third-order valence-electron chi connectivity index (χ3n) is 6.52. The summed E-state index contributed by atoms with van der Waals surface area (Å²) in [6.45, 7) is 4.75. The topological polar surface area (TPSA) is 148 Å². The molecule has 1 amide bonds. The van der Waals surface area contributed by atoms with E-state index in [2.05, 4.69) is 5.43 Å². The molecule has 2 N–H and O–H groups in total. The summed E-state index contributed by atoms with van der Waals surface area (Å²) in [6.07, 6.45) is 3.19. The highest BCUT2D eigenvalue weighted by atomic mass is 35.5. The van der Waals surface area contributed by atoms with Gasteiger partial charge < -0.3 is 4.18 Å². The Morgan fingerprint density at radius 3 is 2.27 bits per heavy atom. The maximum atomic E-state index is 13.3. The second kappa shape index (κ2) is 14.4. The van der Waals surface area contributed by atoms with E-state index in [-0.39, 0.29) is 27.3 Å². The van der Waals surface area contributed by atoms with E-state index in [9.17, 15) is 21.6 Å². The predicted molar refractivity (Wildman–Crippen MR) is 171 cm³/mol. The molecule has 4 aromatic rings. The highest BCUT2D eigenvalue weighted by molar-refractivity contribution is 7.89. The Bertz CT molecular complexity index is 1820. The number of amides is 1. The summed E-state index contributed by atoms with van der Waals surface area (Å²) < 4.78 is 59.2. The van der Waals surface area contributed by atoms with Gasteiger partial charge in [0.25, 0.3) is 16.0 Å². The Morgan fingerprint density at radius 2 is 1.70 bits per heavy atom. The van der Waals surface area contributed by atoms with Crippen molar-refractivity contribution < 1.29 is 30.4 Å². The van der Waals surface area contributed by atoms with Crippen LogP contribution in [0.1, 0.15) is 42.4 Å². The molecule has 0 atom stereocenters. The van der Waals surface area contributed by atoms with E-state index in [1.54, 1.807) is 65.4 Å². The second-order valence-corrected chi connectivity index (χ2v) is 15.0. The van der Waals surface area contributed by atoms with Crippen molar-refractivity contribution in [1.29, 1.82) is 0 Å². The third-order valence-corrected chi connectivity index (χ3v) is 10.4. The Labute approximate surface area is 270 Å². The number of aromatic nitrogens is 2. The van der Waals surface area contributed by atoms with Gasteiger partial charge in [-0.05, 0) is 80.6 Å². The molecule has 1 fully saturated rings. The van der Waals surface area contributed by atoms with Crippen LogP contribution < -0.4 is 9.61 Å². The van der Waals surface area contributed by atoms with Crippen molar-refractivity contribution in [3.63, 3.8) is 0 Å². The van der Waals surface area contributed by atoms with Gasteiger partial charge in [-0.3, -0.25) is 19.3 Å². The molecule has 1 saturated heterocycles. The van der Waals surface area contributed by atoms with Gasteiger partial charge in [0, 0.05) is 29.4 Å². The molecule has 2 aromatic heterocycles. The molecule has 236 valence electrons. The van der Waals surface area contributed by atoms with Gasteiger partial charge in [-0.1, -0.05) is 35.7 Å². The molecule has 44 heavy (non-hydrogen) atoms. The lowest BCUT2D eigenvalue weighted by Crippen LogP contribution is -2.45. The van der Waals surface area contributed by atoms with Crippen molar-refractivity contribution in [2.24, 2.45) is 0 Å². The predicted octanol–water partition coefficient (Wildman–Crippen LogP) is 6.01. The Morgan fingerprint density at radius 1 is 1.05 bits per heavy atom. The minimum Gasteiger partial charge on any atom is -0.378 e. The highest BCUT2D eigenvalue weighted by Gasteiger charge is 2.25. The number of hydrogen-bond acceptors (Lipinski definition) is 9. The number of hydrogen-bond donors (Lipinski definition) is 2. The van der Waals surface area contributed by atoms with Crippen LogP contribution in [0.3, 0.4) is 0 Å². The average molecular weight is 702 g/mol. The minimum atomic E-state index is -3.93. The van der Waals surface area contributed by atoms with E-state index in [0.29, 0.717) is 32.8 Å². The number of hydrazine groups is 1. The third kappa shape index (κ3) is 8.59. The number of carbonyl (C=O) groups is 1. The number of carbonyl (C=O) groups excluding carboxylic acids is 1. The quantitative estimate of drug-likeness (QED) is 0.167. The average Bonchev–Trinajstić information content (AvgIpc) is 3.63.